The number of rotatable bonds is 3. The highest BCUT2D eigenvalue weighted by molar-refractivity contribution is 5.73. The molecule has 0 aliphatic carbocycles. The van der Waals surface area contributed by atoms with E-state index < -0.39 is 5.97 Å². The zero-order valence-corrected chi connectivity index (χ0v) is 9.92. The zero-order chi connectivity index (χ0) is 11.5. The third-order valence-corrected chi connectivity index (χ3v) is 2.79. The molecular formula is C11H22N2O2. The molecule has 88 valence electrons. The summed E-state index contributed by atoms with van der Waals surface area (Å²) in [5, 5.41) is 12.2. The van der Waals surface area contributed by atoms with Crippen LogP contribution in [0.25, 0.3) is 0 Å². The summed E-state index contributed by atoms with van der Waals surface area (Å²) in [6.07, 6.45) is 1.04. The van der Waals surface area contributed by atoms with Gasteiger partial charge in [0.1, 0.15) is 6.04 Å². The van der Waals surface area contributed by atoms with Gasteiger partial charge in [0, 0.05) is 19.6 Å². The Morgan fingerprint density at radius 1 is 1.53 bits per heavy atom. The molecule has 4 nitrogen and oxygen atoms in total. The summed E-state index contributed by atoms with van der Waals surface area (Å²) < 4.78 is 0. The molecule has 15 heavy (non-hydrogen) atoms. The first-order chi connectivity index (χ1) is 6.90. The van der Waals surface area contributed by atoms with Crippen molar-refractivity contribution >= 4 is 5.97 Å². The Balaban J connectivity index is 2.46. The smallest absolute Gasteiger partial charge is 0.322 e. The van der Waals surface area contributed by atoms with Gasteiger partial charge in [-0.25, -0.2) is 0 Å². The lowest BCUT2D eigenvalue weighted by atomic mass is 9.92. The van der Waals surface area contributed by atoms with Gasteiger partial charge in [-0.1, -0.05) is 20.8 Å². The average molecular weight is 214 g/mol. The van der Waals surface area contributed by atoms with Crippen molar-refractivity contribution in [1.82, 2.24) is 10.2 Å². The number of nitrogens with one attached hydrogen (secondary N) is 1. The Morgan fingerprint density at radius 3 is 2.73 bits per heavy atom. The van der Waals surface area contributed by atoms with E-state index in [1.807, 2.05) is 0 Å². The number of carboxylic acids is 1. The summed E-state index contributed by atoms with van der Waals surface area (Å²) in [6, 6.07) is -0.346. The van der Waals surface area contributed by atoms with E-state index in [4.69, 9.17) is 5.11 Å². The molecule has 4 heteroatoms. The van der Waals surface area contributed by atoms with Crippen LogP contribution < -0.4 is 5.32 Å². The molecule has 0 amide bonds. The summed E-state index contributed by atoms with van der Waals surface area (Å²) in [7, 11) is 0. The minimum absolute atomic E-state index is 0.272. The van der Waals surface area contributed by atoms with E-state index in [1.54, 1.807) is 0 Å². The molecule has 0 aromatic carbocycles. The van der Waals surface area contributed by atoms with Gasteiger partial charge in [0.05, 0.1) is 0 Å². The number of carboxylic acid groups (broad SMARTS) is 1. The fourth-order valence-corrected chi connectivity index (χ4v) is 1.74. The number of nitrogens with zero attached hydrogens (tertiary/aromatic N) is 1. The van der Waals surface area contributed by atoms with Crippen LogP contribution in [-0.2, 0) is 4.79 Å². The van der Waals surface area contributed by atoms with Gasteiger partial charge < -0.3 is 10.4 Å². The first kappa shape index (κ1) is 12.5. The number of hydrogen-bond donors (Lipinski definition) is 2. The summed E-state index contributed by atoms with van der Waals surface area (Å²) >= 11 is 0. The largest absolute Gasteiger partial charge is 0.480 e. The van der Waals surface area contributed by atoms with Crippen molar-refractivity contribution in [2.75, 3.05) is 26.2 Å². The Bertz CT molecular complexity index is 223. The Morgan fingerprint density at radius 2 is 2.20 bits per heavy atom. The van der Waals surface area contributed by atoms with Crippen molar-refractivity contribution in [3.63, 3.8) is 0 Å². The highest BCUT2D eigenvalue weighted by Gasteiger charge is 2.28. The highest BCUT2D eigenvalue weighted by atomic mass is 16.4. The van der Waals surface area contributed by atoms with Crippen molar-refractivity contribution in [1.29, 1.82) is 0 Å². The van der Waals surface area contributed by atoms with Crippen LogP contribution in [-0.4, -0.2) is 48.2 Å². The minimum Gasteiger partial charge on any atom is -0.480 e. The van der Waals surface area contributed by atoms with Crippen LogP contribution in [0, 0.1) is 5.41 Å². The van der Waals surface area contributed by atoms with Crippen LogP contribution in [0.5, 0.6) is 0 Å². The fraction of sp³-hybridized carbons (Fsp3) is 0.909. The van der Waals surface area contributed by atoms with Gasteiger partial charge in [-0.2, -0.15) is 0 Å². The molecule has 0 bridgehead atoms. The number of carbonyl (C=O) groups is 1. The van der Waals surface area contributed by atoms with E-state index in [-0.39, 0.29) is 11.5 Å². The average Bonchev–Trinajstić information content (AvgIpc) is 2.14. The van der Waals surface area contributed by atoms with Gasteiger partial charge in [-0.05, 0) is 18.4 Å². The predicted octanol–water partition coefficient (Wildman–Crippen LogP) is 0.781. The maximum Gasteiger partial charge on any atom is 0.322 e. The molecule has 0 aromatic heterocycles. The normalized spacial score (nSPS) is 24.1. The van der Waals surface area contributed by atoms with Crippen molar-refractivity contribution in [2.24, 2.45) is 5.41 Å². The van der Waals surface area contributed by atoms with E-state index in [1.165, 1.54) is 0 Å². The molecule has 1 fully saturated rings. The molecule has 2 N–H and O–H groups in total. The SMILES string of the molecule is CC(C)(C)CCN1CCNCC1C(=O)O. The zero-order valence-electron chi connectivity index (χ0n) is 9.92. The second-order valence-corrected chi connectivity index (χ2v) is 5.40. The number of aliphatic carboxylic acids is 1. The molecule has 1 aliphatic heterocycles. The summed E-state index contributed by atoms with van der Waals surface area (Å²) in [5.74, 6) is -0.712. The quantitative estimate of drug-likeness (QED) is 0.729. The molecule has 1 heterocycles. The fourth-order valence-electron chi connectivity index (χ4n) is 1.74. The van der Waals surface area contributed by atoms with Gasteiger partial charge in [0.2, 0.25) is 0 Å². The third-order valence-electron chi connectivity index (χ3n) is 2.79. The van der Waals surface area contributed by atoms with Gasteiger partial charge in [-0.15, -0.1) is 0 Å². The summed E-state index contributed by atoms with van der Waals surface area (Å²) in [5.41, 5.74) is 0.272. The summed E-state index contributed by atoms with van der Waals surface area (Å²) in [6.45, 7) is 9.74. The van der Waals surface area contributed by atoms with Crippen molar-refractivity contribution < 1.29 is 9.90 Å². The van der Waals surface area contributed by atoms with Crippen molar-refractivity contribution in [3.05, 3.63) is 0 Å². The lowest BCUT2D eigenvalue weighted by Gasteiger charge is -2.35. The number of piperazine rings is 1. The van der Waals surface area contributed by atoms with E-state index >= 15 is 0 Å². The van der Waals surface area contributed by atoms with Gasteiger partial charge in [0.25, 0.3) is 0 Å². The van der Waals surface area contributed by atoms with Gasteiger partial charge in [0.15, 0.2) is 0 Å². The monoisotopic (exact) mass is 214 g/mol. The topological polar surface area (TPSA) is 52.6 Å². The molecule has 0 spiro atoms. The third kappa shape index (κ3) is 4.18. The Kier molecular flexibility index (Phi) is 4.11. The van der Waals surface area contributed by atoms with Crippen molar-refractivity contribution in [3.8, 4) is 0 Å². The second-order valence-electron chi connectivity index (χ2n) is 5.40. The second kappa shape index (κ2) is 4.94. The van der Waals surface area contributed by atoms with E-state index in [0.29, 0.717) is 6.54 Å². The predicted molar refractivity (Wildman–Crippen MR) is 59.9 cm³/mol. The first-order valence-corrected chi connectivity index (χ1v) is 5.58. The van der Waals surface area contributed by atoms with Crippen LogP contribution in [0.4, 0.5) is 0 Å². The van der Waals surface area contributed by atoms with Gasteiger partial charge in [-0.3, -0.25) is 9.69 Å². The molecule has 1 saturated heterocycles. The highest BCUT2D eigenvalue weighted by Crippen LogP contribution is 2.19. The molecule has 0 aromatic rings. The molecule has 1 rings (SSSR count). The molecule has 0 saturated carbocycles. The lowest BCUT2D eigenvalue weighted by Crippen LogP contribution is -2.55. The van der Waals surface area contributed by atoms with E-state index in [0.717, 1.165) is 26.1 Å². The van der Waals surface area contributed by atoms with Crippen LogP contribution >= 0.6 is 0 Å². The number of hydrogen-bond acceptors (Lipinski definition) is 3. The summed E-state index contributed by atoms with van der Waals surface area (Å²) in [4.78, 5) is 13.1. The standard InChI is InChI=1S/C11H22N2O2/c1-11(2,3)4-6-13-7-5-12-8-9(13)10(14)15/h9,12H,4-8H2,1-3H3,(H,14,15). The Labute approximate surface area is 91.6 Å². The Hall–Kier alpha value is -0.610. The molecule has 1 unspecified atom stereocenters. The van der Waals surface area contributed by atoms with E-state index in [2.05, 4.69) is 31.0 Å². The first-order valence-electron chi connectivity index (χ1n) is 5.58. The maximum atomic E-state index is 11.0. The maximum absolute atomic E-state index is 11.0. The van der Waals surface area contributed by atoms with Crippen LogP contribution in [0.1, 0.15) is 27.2 Å². The molecule has 0 radical (unpaired) electrons. The van der Waals surface area contributed by atoms with Crippen LogP contribution in [0.2, 0.25) is 0 Å². The lowest BCUT2D eigenvalue weighted by molar-refractivity contribution is -0.144. The van der Waals surface area contributed by atoms with Crippen molar-refractivity contribution in [2.45, 2.75) is 33.2 Å². The molecular weight excluding hydrogens is 192 g/mol. The van der Waals surface area contributed by atoms with E-state index in [9.17, 15) is 4.79 Å². The molecule has 1 aliphatic rings. The van der Waals surface area contributed by atoms with Crippen LogP contribution in [0.3, 0.4) is 0 Å². The minimum atomic E-state index is -0.712. The van der Waals surface area contributed by atoms with Crippen LogP contribution in [0.15, 0.2) is 0 Å². The van der Waals surface area contributed by atoms with Gasteiger partial charge >= 0.3 is 5.97 Å². The molecule has 1 atom stereocenters.